The molecule has 1 aromatic heterocycles. The Morgan fingerprint density at radius 3 is 2.04 bits per heavy atom. The molecule has 1 amide bonds. The molecule has 1 heterocycles. The molecule has 0 aliphatic carbocycles. The first-order valence-electron chi connectivity index (χ1n) is 8.57. The minimum absolute atomic E-state index is 0.0529. The van der Waals surface area contributed by atoms with Crippen LogP contribution < -0.4 is 5.32 Å². The van der Waals surface area contributed by atoms with Gasteiger partial charge >= 0.3 is 0 Å². The molecule has 3 rings (SSSR count). The fourth-order valence-electron chi connectivity index (χ4n) is 2.91. The van der Waals surface area contributed by atoms with Gasteiger partial charge in [-0.15, -0.1) is 0 Å². The van der Waals surface area contributed by atoms with Crippen molar-refractivity contribution in [3.63, 3.8) is 0 Å². The molecule has 0 saturated heterocycles. The highest BCUT2D eigenvalue weighted by atomic mass is 16.2. The summed E-state index contributed by atoms with van der Waals surface area (Å²) in [4.78, 5) is 13.1. The molecule has 128 valence electrons. The molecule has 4 heteroatoms. The third-order valence-corrected chi connectivity index (χ3v) is 4.03. The zero-order valence-electron chi connectivity index (χ0n) is 14.6. The van der Waals surface area contributed by atoms with Crippen molar-refractivity contribution in [3.8, 4) is 0 Å². The van der Waals surface area contributed by atoms with E-state index in [1.165, 1.54) is 0 Å². The van der Waals surface area contributed by atoms with Gasteiger partial charge in [-0.05, 0) is 17.0 Å². The van der Waals surface area contributed by atoms with Gasteiger partial charge in [0.15, 0.2) is 0 Å². The normalized spacial score (nSPS) is 11.0. The SMILES string of the molecule is CC(C)Cn1nccc1NC(=O)C(c1ccccc1)c1ccccc1. The van der Waals surface area contributed by atoms with E-state index in [0.29, 0.717) is 5.92 Å². The van der Waals surface area contributed by atoms with Gasteiger partial charge in [-0.3, -0.25) is 4.79 Å². The Morgan fingerprint density at radius 2 is 1.52 bits per heavy atom. The number of nitrogens with zero attached hydrogens (tertiary/aromatic N) is 2. The summed E-state index contributed by atoms with van der Waals surface area (Å²) in [5.74, 6) is 0.776. The van der Waals surface area contributed by atoms with E-state index < -0.39 is 0 Å². The first-order valence-corrected chi connectivity index (χ1v) is 8.57. The van der Waals surface area contributed by atoms with Crippen molar-refractivity contribution in [2.24, 2.45) is 5.92 Å². The molecule has 0 bridgehead atoms. The molecule has 0 saturated carbocycles. The van der Waals surface area contributed by atoms with Crippen LogP contribution in [0.4, 0.5) is 5.82 Å². The van der Waals surface area contributed by atoms with Gasteiger partial charge in [-0.2, -0.15) is 5.10 Å². The number of anilines is 1. The lowest BCUT2D eigenvalue weighted by Crippen LogP contribution is -2.24. The zero-order chi connectivity index (χ0) is 17.6. The smallest absolute Gasteiger partial charge is 0.237 e. The molecule has 0 atom stereocenters. The van der Waals surface area contributed by atoms with Crippen LogP contribution in [0.3, 0.4) is 0 Å². The number of benzene rings is 2. The number of aromatic nitrogens is 2. The first-order chi connectivity index (χ1) is 12.1. The lowest BCUT2D eigenvalue weighted by molar-refractivity contribution is -0.116. The quantitative estimate of drug-likeness (QED) is 0.730. The van der Waals surface area contributed by atoms with Gasteiger partial charge in [0, 0.05) is 12.6 Å². The summed E-state index contributed by atoms with van der Waals surface area (Å²) >= 11 is 0. The van der Waals surface area contributed by atoms with E-state index in [2.05, 4.69) is 24.3 Å². The van der Waals surface area contributed by atoms with Crippen LogP contribution in [-0.2, 0) is 11.3 Å². The fraction of sp³-hybridized carbons (Fsp3) is 0.238. The summed E-state index contributed by atoms with van der Waals surface area (Å²) in [5.41, 5.74) is 1.95. The van der Waals surface area contributed by atoms with E-state index in [1.807, 2.05) is 71.4 Å². The number of nitrogens with one attached hydrogen (secondary N) is 1. The summed E-state index contributed by atoms with van der Waals surface area (Å²) in [7, 11) is 0. The van der Waals surface area contributed by atoms with Crippen LogP contribution in [0.15, 0.2) is 72.9 Å². The van der Waals surface area contributed by atoms with Crippen molar-refractivity contribution in [1.29, 1.82) is 0 Å². The molecular formula is C21H23N3O. The Hall–Kier alpha value is -2.88. The van der Waals surface area contributed by atoms with E-state index in [9.17, 15) is 4.79 Å². The summed E-state index contributed by atoms with van der Waals surface area (Å²) in [6.45, 7) is 5.03. The maximum absolute atomic E-state index is 13.1. The number of hydrogen-bond acceptors (Lipinski definition) is 2. The van der Waals surface area contributed by atoms with E-state index in [0.717, 1.165) is 23.5 Å². The van der Waals surface area contributed by atoms with Crippen LogP contribution in [0.2, 0.25) is 0 Å². The molecule has 0 aliphatic heterocycles. The highest BCUT2D eigenvalue weighted by Gasteiger charge is 2.23. The van der Waals surface area contributed by atoms with Gasteiger partial charge in [-0.25, -0.2) is 4.68 Å². The van der Waals surface area contributed by atoms with E-state index in [1.54, 1.807) is 6.20 Å². The van der Waals surface area contributed by atoms with E-state index in [4.69, 9.17) is 0 Å². The van der Waals surface area contributed by atoms with Crippen molar-refractivity contribution in [2.75, 3.05) is 5.32 Å². The lowest BCUT2D eigenvalue weighted by Gasteiger charge is -2.18. The number of rotatable bonds is 6. The Bertz CT molecular complexity index is 770. The maximum Gasteiger partial charge on any atom is 0.237 e. The molecule has 2 aromatic carbocycles. The standard InChI is InChI=1S/C21H23N3O/c1-16(2)15-24-19(13-14-22-24)23-21(25)20(17-9-5-3-6-10-17)18-11-7-4-8-12-18/h3-14,16,20H,15H2,1-2H3,(H,23,25). The monoisotopic (exact) mass is 333 g/mol. The van der Waals surface area contributed by atoms with Gasteiger partial charge < -0.3 is 5.32 Å². The molecule has 25 heavy (non-hydrogen) atoms. The Labute approximate surface area is 148 Å². The van der Waals surface area contributed by atoms with Crippen LogP contribution in [0.25, 0.3) is 0 Å². The van der Waals surface area contributed by atoms with Crippen molar-refractivity contribution in [1.82, 2.24) is 9.78 Å². The summed E-state index contributed by atoms with van der Waals surface area (Å²) < 4.78 is 1.84. The molecule has 4 nitrogen and oxygen atoms in total. The third kappa shape index (κ3) is 4.15. The topological polar surface area (TPSA) is 46.9 Å². The number of carbonyl (C=O) groups excluding carboxylic acids is 1. The second-order valence-corrected chi connectivity index (χ2v) is 6.54. The molecule has 0 radical (unpaired) electrons. The Balaban J connectivity index is 1.89. The number of amides is 1. The van der Waals surface area contributed by atoms with Gasteiger partial charge in [0.25, 0.3) is 0 Å². The largest absolute Gasteiger partial charge is 0.310 e. The number of hydrogen-bond donors (Lipinski definition) is 1. The molecule has 0 aliphatic rings. The van der Waals surface area contributed by atoms with Gasteiger partial charge in [0.2, 0.25) is 5.91 Å². The maximum atomic E-state index is 13.1. The van der Waals surface area contributed by atoms with Crippen LogP contribution in [0.5, 0.6) is 0 Å². The molecular weight excluding hydrogens is 310 g/mol. The van der Waals surface area contributed by atoms with Crippen molar-refractivity contribution >= 4 is 11.7 Å². The van der Waals surface area contributed by atoms with Crippen molar-refractivity contribution in [3.05, 3.63) is 84.1 Å². The van der Waals surface area contributed by atoms with Crippen LogP contribution in [0.1, 0.15) is 30.9 Å². The molecule has 1 N–H and O–H groups in total. The zero-order valence-corrected chi connectivity index (χ0v) is 14.6. The average molecular weight is 333 g/mol. The fourth-order valence-corrected chi connectivity index (χ4v) is 2.91. The summed E-state index contributed by atoms with van der Waals surface area (Å²) in [5, 5.41) is 7.37. The van der Waals surface area contributed by atoms with Crippen LogP contribution in [-0.4, -0.2) is 15.7 Å². The molecule has 3 aromatic rings. The lowest BCUT2D eigenvalue weighted by atomic mass is 9.90. The van der Waals surface area contributed by atoms with Gasteiger partial charge in [0.1, 0.15) is 5.82 Å². The van der Waals surface area contributed by atoms with E-state index >= 15 is 0 Å². The van der Waals surface area contributed by atoms with Crippen LogP contribution >= 0.6 is 0 Å². The predicted molar refractivity (Wildman–Crippen MR) is 100 cm³/mol. The first kappa shape index (κ1) is 17.0. The molecule has 0 spiro atoms. The minimum atomic E-state index is -0.357. The van der Waals surface area contributed by atoms with Crippen LogP contribution in [0, 0.1) is 5.92 Å². The number of carbonyl (C=O) groups is 1. The summed E-state index contributed by atoms with van der Waals surface area (Å²) in [6, 6.07) is 21.6. The van der Waals surface area contributed by atoms with E-state index in [-0.39, 0.29) is 11.8 Å². The Morgan fingerprint density at radius 1 is 0.960 bits per heavy atom. The molecule has 0 fully saturated rings. The summed E-state index contributed by atoms with van der Waals surface area (Å²) in [6.07, 6.45) is 1.72. The molecule has 0 unspecified atom stereocenters. The highest BCUT2D eigenvalue weighted by Crippen LogP contribution is 2.26. The predicted octanol–water partition coefficient (Wildman–Crippen LogP) is 4.31. The Kier molecular flexibility index (Phi) is 5.29. The second-order valence-electron chi connectivity index (χ2n) is 6.54. The van der Waals surface area contributed by atoms with Crippen molar-refractivity contribution in [2.45, 2.75) is 26.3 Å². The minimum Gasteiger partial charge on any atom is -0.310 e. The average Bonchev–Trinajstić information content (AvgIpc) is 3.03. The highest BCUT2D eigenvalue weighted by molar-refractivity contribution is 5.97. The third-order valence-electron chi connectivity index (χ3n) is 4.03. The van der Waals surface area contributed by atoms with Crippen molar-refractivity contribution < 1.29 is 4.79 Å². The second kappa shape index (κ2) is 7.79. The van der Waals surface area contributed by atoms with Gasteiger partial charge in [0.05, 0.1) is 12.1 Å². The van der Waals surface area contributed by atoms with Gasteiger partial charge in [-0.1, -0.05) is 74.5 Å².